The number of likely N-dealkylation sites (tertiary alicyclic amines) is 1. The molecule has 1 aliphatic carbocycles. The van der Waals surface area contributed by atoms with Crippen molar-refractivity contribution in [2.45, 2.75) is 39.0 Å². The third kappa shape index (κ3) is 2.61. The van der Waals surface area contributed by atoms with Crippen molar-refractivity contribution in [2.75, 3.05) is 13.1 Å². The van der Waals surface area contributed by atoms with Gasteiger partial charge in [0.05, 0.1) is 11.8 Å². The van der Waals surface area contributed by atoms with Gasteiger partial charge in [-0.25, -0.2) is 0 Å². The van der Waals surface area contributed by atoms with Gasteiger partial charge < -0.3 is 10.0 Å². The highest BCUT2D eigenvalue weighted by Gasteiger charge is 2.40. The predicted molar refractivity (Wildman–Crippen MR) is 63.4 cm³/mol. The molecule has 17 heavy (non-hydrogen) atoms. The molecule has 1 saturated carbocycles. The summed E-state index contributed by atoms with van der Waals surface area (Å²) in [5, 5.41) is 9.10. The minimum absolute atomic E-state index is 0.0850. The minimum atomic E-state index is -0.800. The van der Waals surface area contributed by atoms with Crippen LogP contribution in [0.1, 0.15) is 39.0 Å². The Morgan fingerprint density at radius 3 is 2.24 bits per heavy atom. The molecule has 0 aromatic carbocycles. The van der Waals surface area contributed by atoms with Crippen LogP contribution in [-0.2, 0) is 9.59 Å². The van der Waals surface area contributed by atoms with Crippen molar-refractivity contribution in [3.8, 4) is 0 Å². The summed E-state index contributed by atoms with van der Waals surface area (Å²) in [5.41, 5.74) is 0. The van der Waals surface area contributed by atoms with Crippen LogP contribution in [-0.4, -0.2) is 35.0 Å². The molecule has 96 valence electrons. The Morgan fingerprint density at radius 2 is 1.65 bits per heavy atom. The third-order valence-corrected chi connectivity index (χ3v) is 4.25. The van der Waals surface area contributed by atoms with Gasteiger partial charge >= 0.3 is 5.97 Å². The third-order valence-electron chi connectivity index (χ3n) is 4.25. The van der Waals surface area contributed by atoms with E-state index in [1.807, 2.05) is 4.90 Å². The number of hydrogen-bond acceptors (Lipinski definition) is 2. The second-order valence-electron chi connectivity index (χ2n) is 5.49. The van der Waals surface area contributed by atoms with Gasteiger partial charge in [-0.1, -0.05) is 13.3 Å². The van der Waals surface area contributed by atoms with Crippen LogP contribution in [0.3, 0.4) is 0 Å². The van der Waals surface area contributed by atoms with E-state index in [0.29, 0.717) is 12.3 Å². The van der Waals surface area contributed by atoms with Crippen LogP contribution in [0.15, 0.2) is 0 Å². The van der Waals surface area contributed by atoms with Crippen molar-refractivity contribution >= 4 is 11.9 Å². The smallest absolute Gasteiger partial charge is 0.307 e. The molecule has 2 fully saturated rings. The Hall–Kier alpha value is -1.06. The fourth-order valence-corrected chi connectivity index (χ4v) is 3.01. The summed E-state index contributed by atoms with van der Waals surface area (Å²) in [6.45, 7) is 3.82. The van der Waals surface area contributed by atoms with Gasteiger partial charge in [-0.2, -0.15) is 0 Å². The number of carbonyl (C=O) groups excluding carboxylic acids is 1. The number of carboxylic acids is 1. The van der Waals surface area contributed by atoms with Crippen molar-refractivity contribution in [1.82, 2.24) is 4.90 Å². The lowest BCUT2D eigenvalue weighted by atomic mass is 9.92. The van der Waals surface area contributed by atoms with Gasteiger partial charge in [0.2, 0.25) is 5.91 Å². The quantitative estimate of drug-likeness (QED) is 0.798. The lowest BCUT2D eigenvalue weighted by Crippen LogP contribution is -2.43. The number of carboxylic acid groups (broad SMARTS) is 1. The molecule has 2 rings (SSSR count). The molecule has 2 unspecified atom stereocenters. The molecule has 4 nitrogen and oxygen atoms in total. The highest BCUT2D eigenvalue weighted by Crippen LogP contribution is 2.34. The maximum atomic E-state index is 12.3. The monoisotopic (exact) mass is 239 g/mol. The second kappa shape index (κ2) is 5.07. The molecule has 1 amide bonds. The largest absolute Gasteiger partial charge is 0.481 e. The molecular formula is C13H21NO3. The first-order chi connectivity index (χ1) is 8.09. The van der Waals surface area contributed by atoms with Gasteiger partial charge in [0.25, 0.3) is 0 Å². The van der Waals surface area contributed by atoms with E-state index in [2.05, 4.69) is 6.92 Å². The molecule has 0 spiro atoms. The van der Waals surface area contributed by atoms with Gasteiger partial charge in [-0.3, -0.25) is 9.59 Å². The van der Waals surface area contributed by atoms with Crippen molar-refractivity contribution < 1.29 is 14.7 Å². The molecule has 1 heterocycles. The number of piperidine rings is 1. The molecule has 1 N–H and O–H groups in total. The number of hydrogen-bond donors (Lipinski definition) is 1. The van der Waals surface area contributed by atoms with Crippen LogP contribution in [0, 0.1) is 17.8 Å². The molecular weight excluding hydrogens is 218 g/mol. The molecule has 0 bridgehead atoms. The standard InChI is InChI=1S/C13H21NO3/c1-9-5-7-14(8-6-9)12(15)10-3-2-4-11(10)13(16)17/h9-11H,2-8H2,1H3,(H,16,17). The maximum absolute atomic E-state index is 12.3. The Kier molecular flexibility index (Phi) is 3.69. The molecule has 2 aliphatic rings. The number of rotatable bonds is 2. The van der Waals surface area contributed by atoms with Crippen LogP contribution < -0.4 is 0 Å². The van der Waals surface area contributed by atoms with E-state index >= 15 is 0 Å². The molecule has 1 saturated heterocycles. The van der Waals surface area contributed by atoms with Crippen LogP contribution in [0.4, 0.5) is 0 Å². The molecule has 0 radical (unpaired) electrons. The Bertz CT molecular complexity index is 308. The zero-order chi connectivity index (χ0) is 12.4. The zero-order valence-corrected chi connectivity index (χ0v) is 10.4. The summed E-state index contributed by atoms with van der Waals surface area (Å²) in [6, 6.07) is 0. The van der Waals surface area contributed by atoms with Crippen molar-refractivity contribution in [1.29, 1.82) is 0 Å². The molecule has 2 atom stereocenters. The second-order valence-corrected chi connectivity index (χ2v) is 5.49. The van der Waals surface area contributed by atoms with Crippen molar-refractivity contribution in [3.05, 3.63) is 0 Å². The Balaban J connectivity index is 1.97. The van der Waals surface area contributed by atoms with Crippen molar-refractivity contribution in [3.63, 3.8) is 0 Å². The topological polar surface area (TPSA) is 57.6 Å². The Morgan fingerprint density at radius 1 is 1.06 bits per heavy atom. The number of amides is 1. The van der Waals surface area contributed by atoms with E-state index in [1.54, 1.807) is 0 Å². The zero-order valence-electron chi connectivity index (χ0n) is 10.4. The lowest BCUT2D eigenvalue weighted by molar-refractivity contribution is -0.149. The summed E-state index contributed by atoms with van der Waals surface area (Å²) in [5.74, 6) is -0.728. The average Bonchev–Trinajstić information content (AvgIpc) is 2.78. The van der Waals surface area contributed by atoms with E-state index in [9.17, 15) is 9.59 Å². The average molecular weight is 239 g/mol. The predicted octanol–water partition coefficient (Wildman–Crippen LogP) is 1.75. The van der Waals surface area contributed by atoms with E-state index in [4.69, 9.17) is 5.11 Å². The molecule has 0 aromatic rings. The highest BCUT2D eigenvalue weighted by molar-refractivity contribution is 5.85. The van der Waals surface area contributed by atoms with Crippen LogP contribution >= 0.6 is 0 Å². The fraction of sp³-hybridized carbons (Fsp3) is 0.846. The van der Waals surface area contributed by atoms with Gasteiger partial charge in [0.1, 0.15) is 0 Å². The van der Waals surface area contributed by atoms with E-state index in [-0.39, 0.29) is 11.8 Å². The van der Waals surface area contributed by atoms with E-state index in [0.717, 1.165) is 38.8 Å². The number of nitrogens with zero attached hydrogens (tertiary/aromatic N) is 1. The molecule has 4 heteroatoms. The first kappa shape index (κ1) is 12.4. The number of aliphatic carboxylic acids is 1. The van der Waals surface area contributed by atoms with E-state index < -0.39 is 11.9 Å². The first-order valence-corrected chi connectivity index (χ1v) is 6.61. The fourth-order valence-electron chi connectivity index (χ4n) is 3.01. The molecule has 0 aromatic heterocycles. The van der Waals surface area contributed by atoms with Crippen molar-refractivity contribution in [2.24, 2.45) is 17.8 Å². The normalized spacial score (nSPS) is 30.5. The van der Waals surface area contributed by atoms with Crippen LogP contribution in [0.25, 0.3) is 0 Å². The summed E-state index contributed by atoms with van der Waals surface area (Å²) in [4.78, 5) is 25.2. The maximum Gasteiger partial charge on any atom is 0.307 e. The molecule has 1 aliphatic heterocycles. The van der Waals surface area contributed by atoms with Gasteiger partial charge in [-0.15, -0.1) is 0 Å². The van der Waals surface area contributed by atoms with Crippen LogP contribution in [0.2, 0.25) is 0 Å². The lowest BCUT2D eigenvalue weighted by Gasteiger charge is -2.33. The van der Waals surface area contributed by atoms with Gasteiger partial charge in [0.15, 0.2) is 0 Å². The summed E-state index contributed by atoms with van der Waals surface area (Å²) < 4.78 is 0. The first-order valence-electron chi connectivity index (χ1n) is 6.61. The van der Waals surface area contributed by atoms with Crippen LogP contribution in [0.5, 0.6) is 0 Å². The Labute approximate surface area is 102 Å². The summed E-state index contributed by atoms with van der Waals surface area (Å²) in [6.07, 6.45) is 4.39. The summed E-state index contributed by atoms with van der Waals surface area (Å²) in [7, 11) is 0. The van der Waals surface area contributed by atoms with E-state index in [1.165, 1.54) is 0 Å². The number of carbonyl (C=O) groups is 2. The minimum Gasteiger partial charge on any atom is -0.481 e. The SMILES string of the molecule is CC1CCN(C(=O)C2CCCC2C(=O)O)CC1. The van der Waals surface area contributed by atoms with Gasteiger partial charge in [0, 0.05) is 13.1 Å². The highest BCUT2D eigenvalue weighted by atomic mass is 16.4. The summed E-state index contributed by atoms with van der Waals surface area (Å²) >= 11 is 0. The van der Waals surface area contributed by atoms with Gasteiger partial charge in [-0.05, 0) is 31.6 Å².